The summed E-state index contributed by atoms with van der Waals surface area (Å²) in [4.78, 5) is 27.4. The highest BCUT2D eigenvalue weighted by Crippen LogP contribution is 2.25. The molecule has 1 aromatic heterocycles. The molecule has 5 heteroatoms. The monoisotopic (exact) mass is 284 g/mol. The number of aromatic amines is 1. The van der Waals surface area contributed by atoms with Crippen LogP contribution in [0.3, 0.4) is 0 Å². The Balaban J connectivity index is 1.86. The van der Waals surface area contributed by atoms with Crippen molar-refractivity contribution in [1.82, 2.24) is 4.98 Å². The molecule has 0 atom stereocenters. The molecule has 0 saturated heterocycles. The number of hydrogen-bond acceptors (Lipinski definition) is 3. The zero-order valence-corrected chi connectivity index (χ0v) is 11.7. The smallest absolute Gasteiger partial charge is 0.257 e. The van der Waals surface area contributed by atoms with Crippen LogP contribution in [0.15, 0.2) is 30.5 Å². The first-order valence-corrected chi connectivity index (χ1v) is 6.88. The van der Waals surface area contributed by atoms with Crippen molar-refractivity contribution in [1.29, 1.82) is 0 Å². The average Bonchev–Trinajstić information content (AvgIpc) is 2.93. The van der Waals surface area contributed by atoms with Gasteiger partial charge in [-0.25, -0.2) is 0 Å². The first-order valence-electron chi connectivity index (χ1n) is 6.88. The molecular formula is C16H16N2O3. The zero-order chi connectivity index (χ0) is 14.8. The first kappa shape index (κ1) is 13.4. The Bertz CT molecular complexity index is 703. The first-order chi connectivity index (χ1) is 10.2. The molecule has 1 aliphatic rings. The van der Waals surface area contributed by atoms with E-state index in [0.717, 1.165) is 18.5 Å². The predicted octanol–water partition coefficient (Wildman–Crippen LogP) is 2.79. The van der Waals surface area contributed by atoms with Gasteiger partial charge in [0.15, 0.2) is 5.78 Å². The van der Waals surface area contributed by atoms with E-state index in [9.17, 15) is 9.59 Å². The van der Waals surface area contributed by atoms with Gasteiger partial charge < -0.3 is 15.0 Å². The molecule has 0 aliphatic heterocycles. The third-order valence-electron chi connectivity index (χ3n) is 3.64. The molecule has 1 aliphatic carbocycles. The molecule has 0 unspecified atom stereocenters. The van der Waals surface area contributed by atoms with E-state index < -0.39 is 0 Å². The van der Waals surface area contributed by atoms with Crippen LogP contribution in [-0.2, 0) is 6.42 Å². The molecule has 5 nitrogen and oxygen atoms in total. The lowest BCUT2D eigenvalue weighted by atomic mass is 9.93. The molecule has 108 valence electrons. The van der Waals surface area contributed by atoms with Crippen LogP contribution in [0.4, 0.5) is 5.69 Å². The largest absolute Gasteiger partial charge is 0.497 e. The van der Waals surface area contributed by atoms with Crippen LogP contribution >= 0.6 is 0 Å². The summed E-state index contributed by atoms with van der Waals surface area (Å²) in [7, 11) is 1.57. The topological polar surface area (TPSA) is 71.2 Å². The van der Waals surface area contributed by atoms with E-state index in [2.05, 4.69) is 10.3 Å². The fourth-order valence-electron chi connectivity index (χ4n) is 2.61. The van der Waals surface area contributed by atoms with Crippen molar-refractivity contribution >= 4 is 17.4 Å². The van der Waals surface area contributed by atoms with Gasteiger partial charge in [-0.05, 0) is 25.0 Å². The molecule has 0 radical (unpaired) electrons. The second kappa shape index (κ2) is 5.44. The molecule has 1 heterocycles. The minimum atomic E-state index is -0.281. The molecule has 0 fully saturated rings. The van der Waals surface area contributed by atoms with Crippen LogP contribution in [0.5, 0.6) is 5.75 Å². The third-order valence-corrected chi connectivity index (χ3v) is 3.64. The van der Waals surface area contributed by atoms with Crippen molar-refractivity contribution < 1.29 is 14.3 Å². The molecule has 2 N–H and O–H groups in total. The Labute approximate surface area is 122 Å². The van der Waals surface area contributed by atoms with Crippen LogP contribution in [-0.4, -0.2) is 23.8 Å². The minimum absolute atomic E-state index is 0.0355. The van der Waals surface area contributed by atoms with Crippen LogP contribution < -0.4 is 10.1 Å². The van der Waals surface area contributed by atoms with Gasteiger partial charge in [0, 0.05) is 30.1 Å². The number of amides is 1. The van der Waals surface area contributed by atoms with E-state index in [1.165, 1.54) is 0 Å². The number of rotatable bonds is 3. The second-order valence-electron chi connectivity index (χ2n) is 5.02. The fourth-order valence-corrected chi connectivity index (χ4v) is 2.61. The van der Waals surface area contributed by atoms with E-state index in [1.54, 1.807) is 37.6 Å². The summed E-state index contributed by atoms with van der Waals surface area (Å²) in [6, 6.07) is 7.11. The standard InChI is InChI=1S/C16H16N2O3/c1-21-11-5-2-4-10(8-11)18-16(20)12-9-17-13-6-3-7-14(19)15(12)13/h2,4-5,8-9,17H,3,6-7H2,1H3,(H,18,20). The quantitative estimate of drug-likeness (QED) is 0.910. The SMILES string of the molecule is COc1cccc(NC(=O)c2c[nH]c3c2C(=O)CCC3)c1. The van der Waals surface area contributed by atoms with Gasteiger partial charge >= 0.3 is 0 Å². The molecule has 0 bridgehead atoms. The molecular weight excluding hydrogens is 268 g/mol. The molecule has 0 saturated carbocycles. The number of aromatic nitrogens is 1. The highest BCUT2D eigenvalue weighted by molar-refractivity contribution is 6.13. The number of nitrogens with one attached hydrogen (secondary N) is 2. The van der Waals surface area contributed by atoms with Crippen LogP contribution in [0.2, 0.25) is 0 Å². The number of carbonyl (C=O) groups is 2. The summed E-state index contributed by atoms with van der Waals surface area (Å²) in [5.74, 6) is 0.421. The fraction of sp³-hybridized carbons (Fsp3) is 0.250. The Kier molecular flexibility index (Phi) is 3.48. The number of fused-ring (bicyclic) bond motifs is 1. The molecule has 3 rings (SSSR count). The number of Topliss-reactive ketones (excluding diaryl/α,β-unsaturated/α-hetero) is 1. The molecule has 21 heavy (non-hydrogen) atoms. The number of ether oxygens (including phenoxy) is 1. The maximum absolute atomic E-state index is 12.4. The summed E-state index contributed by atoms with van der Waals surface area (Å²) < 4.78 is 5.12. The number of aryl methyl sites for hydroxylation is 1. The van der Waals surface area contributed by atoms with Crippen molar-refractivity contribution in [3.05, 3.63) is 47.3 Å². The maximum atomic E-state index is 12.4. The van der Waals surface area contributed by atoms with E-state index in [1.807, 2.05) is 0 Å². The Morgan fingerprint density at radius 1 is 1.33 bits per heavy atom. The highest BCUT2D eigenvalue weighted by atomic mass is 16.5. The van der Waals surface area contributed by atoms with Gasteiger partial charge in [-0.3, -0.25) is 9.59 Å². The molecule has 0 spiro atoms. The van der Waals surface area contributed by atoms with Crippen molar-refractivity contribution in [2.45, 2.75) is 19.3 Å². The van der Waals surface area contributed by atoms with Gasteiger partial charge in [0.2, 0.25) is 0 Å². The normalized spacial score (nSPS) is 13.7. The van der Waals surface area contributed by atoms with Crippen molar-refractivity contribution in [3.63, 3.8) is 0 Å². The summed E-state index contributed by atoms with van der Waals surface area (Å²) in [6.45, 7) is 0. The summed E-state index contributed by atoms with van der Waals surface area (Å²) >= 11 is 0. The number of H-pyrrole nitrogens is 1. The zero-order valence-electron chi connectivity index (χ0n) is 11.7. The maximum Gasteiger partial charge on any atom is 0.257 e. The highest BCUT2D eigenvalue weighted by Gasteiger charge is 2.25. The van der Waals surface area contributed by atoms with Gasteiger partial charge in [-0.2, -0.15) is 0 Å². The van der Waals surface area contributed by atoms with Crippen molar-refractivity contribution in [2.75, 3.05) is 12.4 Å². The average molecular weight is 284 g/mol. The van der Waals surface area contributed by atoms with Crippen LogP contribution in [0.1, 0.15) is 39.3 Å². The lowest BCUT2D eigenvalue weighted by molar-refractivity contribution is 0.0956. The number of ketones is 1. The second-order valence-corrected chi connectivity index (χ2v) is 5.02. The van der Waals surface area contributed by atoms with E-state index in [4.69, 9.17) is 4.74 Å². The molecule has 1 amide bonds. The molecule has 1 aromatic carbocycles. The summed E-state index contributed by atoms with van der Waals surface area (Å²) in [6.07, 6.45) is 3.77. The predicted molar refractivity (Wildman–Crippen MR) is 79.0 cm³/mol. The van der Waals surface area contributed by atoms with E-state index >= 15 is 0 Å². The number of hydrogen-bond donors (Lipinski definition) is 2. The van der Waals surface area contributed by atoms with Crippen molar-refractivity contribution in [2.24, 2.45) is 0 Å². The number of methoxy groups -OCH3 is 1. The summed E-state index contributed by atoms with van der Waals surface area (Å²) in [5, 5.41) is 2.80. The minimum Gasteiger partial charge on any atom is -0.497 e. The van der Waals surface area contributed by atoms with Crippen molar-refractivity contribution in [3.8, 4) is 5.75 Å². The van der Waals surface area contributed by atoms with Crippen LogP contribution in [0.25, 0.3) is 0 Å². The summed E-state index contributed by atoms with van der Waals surface area (Å²) in [5.41, 5.74) is 2.46. The lowest BCUT2D eigenvalue weighted by Crippen LogP contribution is -2.17. The van der Waals surface area contributed by atoms with Gasteiger partial charge in [-0.15, -0.1) is 0 Å². The Morgan fingerprint density at radius 2 is 2.19 bits per heavy atom. The number of carbonyl (C=O) groups excluding carboxylic acids is 2. The molecule has 2 aromatic rings. The van der Waals surface area contributed by atoms with E-state index in [0.29, 0.717) is 29.0 Å². The van der Waals surface area contributed by atoms with Gasteiger partial charge in [-0.1, -0.05) is 6.07 Å². The Hall–Kier alpha value is -2.56. The van der Waals surface area contributed by atoms with E-state index in [-0.39, 0.29) is 11.7 Å². The number of anilines is 1. The van der Waals surface area contributed by atoms with Gasteiger partial charge in [0.05, 0.1) is 18.2 Å². The van der Waals surface area contributed by atoms with Gasteiger partial charge in [0.25, 0.3) is 5.91 Å². The van der Waals surface area contributed by atoms with Gasteiger partial charge in [0.1, 0.15) is 5.75 Å². The lowest BCUT2D eigenvalue weighted by Gasteiger charge is -2.12. The number of benzene rings is 1. The van der Waals surface area contributed by atoms with Crippen LogP contribution in [0, 0.1) is 0 Å². The third kappa shape index (κ3) is 2.54. The Morgan fingerprint density at radius 3 is 3.00 bits per heavy atom.